The summed E-state index contributed by atoms with van der Waals surface area (Å²) in [6.45, 7) is -0.359. The molecule has 2 fully saturated rings. The minimum atomic E-state index is -3.50. The first kappa shape index (κ1) is 26.0. The number of amides is 2. The Kier molecular flexibility index (Phi) is 8.10. The van der Waals surface area contributed by atoms with Gasteiger partial charge in [0, 0.05) is 23.1 Å². The molecule has 0 aliphatic carbocycles. The molecule has 17 heteroatoms. The first-order valence-corrected chi connectivity index (χ1v) is 12.8. The molecule has 164 valence electrons. The van der Waals surface area contributed by atoms with Crippen LogP contribution < -0.4 is 40.0 Å². The van der Waals surface area contributed by atoms with Crippen molar-refractivity contribution in [1.82, 2.24) is 20.6 Å². The van der Waals surface area contributed by atoms with Gasteiger partial charge < -0.3 is 20.0 Å². The summed E-state index contributed by atoms with van der Waals surface area (Å²) in [5.41, 5.74) is -2.36. The Labute approximate surface area is 205 Å². The van der Waals surface area contributed by atoms with Crippen LogP contribution in [-0.2, 0) is 44.8 Å². The number of carbonyl (C=O) groups excluding carboxylic acids is 4. The fourth-order valence-electron chi connectivity index (χ4n) is 2.80. The van der Waals surface area contributed by atoms with E-state index in [-0.39, 0.29) is 59.1 Å². The number of thioether (sulfide) groups is 1. The van der Waals surface area contributed by atoms with Crippen molar-refractivity contribution in [3.63, 3.8) is 0 Å². The molecule has 2 aliphatic rings. The van der Waals surface area contributed by atoms with E-state index in [1.807, 2.05) is 0 Å². The number of sulfone groups is 1. The van der Waals surface area contributed by atoms with Crippen LogP contribution in [0.15, 0.2) is 8.68 Å². The molecule has 0 aromatic carbocycles. The van der Waals surface area contributed by atoms with Gasteiger partial charge in [0.1, 0.15) is 24.9 Å². The summed E-state index contributed by atoms with van der Waals surface area (Å²) in [6, 6.07) is -1.19. The Morgan fingerprint density at radius 1 is 1.39 bits per heavy atom. The molecule has 31 heavy (non-hydrogen) atoms. The van der Waals surface area contributed by atoms with Gasteiger partial charge in [-0.15, -0.1) is 0 Å². The van der Waals surface area contributed by atoms with Crippen molar-refractivity contribution in [3.05, 3.63) is 0 Å². The van der Waals surface area contributed by atoms with Gasteiger partial charge in [-0.1, -0.05) is 10.2 Å². The van der Waals surface area contributed by atoms with E-state index >= 15 is 0 Å². The second kappa shape index (κ2) is 9.68. The number of aliphatic carboxylic acids is 1. The van der Waals surface area contributed by atoms with Crippen molar-refractivity contribution < 1.29 is 71.8 Å². The van der Waals surface area contributed by atoms with Crippen molar-refractivity contribution in [3.8, 4) is 0 Å². The number of rotatable bonds is 7. The van der Waals surface area contributed by atoms with Crippen LogP contribution in [0.25, 0.3) is 0 Å². The number of aromatic nitrogens is 2. The van der Waals surface area contributed by atoms with Crippen LogP contribution in [0.5, 0.6) is 0 Å². The average molecular weight is 503 g/mol. The number of hydroxylamine groups is 2. The van der Waals surface area contributed by atoms with Gasteiger partial charge in [-0.05, 0) is 11.8 Å². The molecule has 0 radical (unpaired) electrons. The van der Waals surface area contributed by atoms with Crippen LogP contribution >= 0.6 is 22.2 Å². The molecule has 3 atom stereocenters. The van der Waals surface area contributed by atoms with Crippen LogP contribution in [0, 0.1) is 0 Å². The zero-order chi connectivity index (χ0) is 22.3. The van der Waals surface area contributed by atoms with Crippen LogP contribution in [0.1, 0.15) is 12.8 Å². The zero-order valence-corrected chi connectivity index (χ0v) is 21.1. The van der Waals surface area contributed by atoms with E-state index in [0.29, 0.717) is 9.40 Å². The number of carboxylic acid groups (broad SMARTS) is 1. The largest absolute Gasteiger partial charge is 1.00 e. The Morgan fingerprint density at radius 3 is 2.58 bits per heavy atom. The summed E-state index contributed by atoms with van der Waals surface area (Å²) >= 11 is 0.967. The Balaban J connectivity index is 0.00000341. The van der Waals surface area contributed by atoms with E-state index in [1.54, 1.807) is 6.26 Å². The summed E-state index contributed by atoms with van der Waals surface area (Å²) in [5, 5.41) is 21.7. The number of carboxylic acids is 1. The van der Waals surface area contributed by atoms with Gasteiger partial charge in [-0.3, -0.25) is 19.2 Å². The third-order valence-corrected chi connectivity index (χ3v) is 9.61. The SMILES string of the molecule is C[s+]1c(SCC(=O)N[C@H]2CON(C3(C(=O)[O-])CCC(=O)O3)C2=O)nnc1S(C)(=O)=O.[Na+]. The van der Waals surface area contributed by atoms with E-state index in [4.69, 9.17) is 9.57 Å². The van der Waals surface area contributed by atoms with Gasteiger partial charge in [0.2, 0.25) is 15.7 Å². The van der Waals surface area contributed by atoms with E-state index in [1.165, 1.54) is 0 Å². The number of esters is 1. The molecule has 2 amide bonds. The fourth-order valence-corrected chi connectivity index (χ4v) is 7.24. The number of nitrogens with one attached hydrogen (secondary N) is 1. The molecule has 0 saturated carbocycles. The van der Waals surface area contributed by atoms with Crippen LogP contribution in [0.2, 0.25) is 0 Å². The predicted molar refractivity (Wildman–Crippen MR) is 97.1 cm³/mol. The minimum absolute atomic E-state index is 0. The van der Waals surface area contributed by atoms with Crippen LogP contribution in [0.3, 0.4) is 0 Å². The summed E-state index contributed by atoms with van der Waals surface area (Å²) in [6.07, 6.45) is 2.07. The number of cyclic esters (lactones) is 1. The molecule has 2 unspecified atom stereocenters. The zero-order valence-electron chi connectivity index (χ0n) is 16.6. The molecule has 3 rings (SSSR count). The maximum Gasteiger partial charge on any atom is 1.00 e. The topological polar surface area (TPSA) is 185 Å². The maximum absolute atomic E-state index is 12.5. The molecule has 2 aliphatic heterocycles. The monoisotopic (exact) mass is 503 g/mol. The molecular weight excluding hydrogens is 487 g/mol. The van der Waals surface area contributed by atoms with Crippen molar-refractivity contribution in [2.75, 3.05) is 18.6 Å². The third kappa shape index (κ3) is 5.20. The number of nitrogens with zero attached hydrogens (tertiary/aromatic N) is 3. The molecule has 13 nitrogen and oxygen atoms in total. The van der Waals surface area contributed by atoms with Gasteiger partial charge in [-0.25, -0.2) is 8.42 Å². The Bertz CT molecular complexity index is 1030. The first-order valence-electron chi connectivity index (χ1n) is 8.30. The molecule has 1 aromatic rings. The van der Waals surface area contributed by atoms with Crippen LogP contribution in [-0.4, -0.2) is 77.8 Å². The molecule has 3 heterocycles. The van der Waals surface area contributed by atoms with Crippen LogP contribution in [0.4, 0.5) is 0 Å². The van der Waals surface area contributed by atoms with Gasteiger partial charge in [0.25, 0.3) is 11.6 Å². The molecule has 0 bridgehead atoms. The van der Waals surface area contributed by atoms with E-state index in [2.05, 4.69) is 15.5 Å². The van der Waals surface area contributed by atoms with E-state index in [9.17, 15) is 32.7 Å². The molecule has 1 N–H and O–H groups in total. The van der Waals surface area contributed by atoms with Crippen molar-refractivity contribution in [1.29, 1.82) is 0 Å². The maximum atomic E-state index is 12.5. The first-order chi connectivity index (χ1) is 14.0. The third-order valence-electron chi connectivity index (χ3n) is 4.18. The summed E-state index contributed by atoms with van der Waals surface area (Å²) in [7, 11) is -4.39. The second-order valence-electron chi connectivity index (χ2n) is 6.40. The van der Waals surface area contributed by atoms with Gasteiger partial charge in [0.15, 0.2) is 0 Å². The smallest absolute Gasteiger partial charge is 0.544 e. The molecular formula is C14H16N4NaO9S3+. The fraction of sp³-hybridized carbons (Fsp3) is 0.571. The summed E-state index contributed by atoms with van der Waals surface area (Å²) in [5.74, 6) is -4.30. The second-order valence-corrected chi connectivity index (χ2v) is 11.6. The van der Waals surface area contributed by atoms with E-state index in [0.717, 1.165) is 18.0 Å². The Morgan fingerprint density at radius 2 is 2.06 bits per heavy atom. The van der Waals surface area contributed by atoms with Gasteiger partial charge in [-0.2, -0.15) is 5.06 Å². The van der Waals surface area contributed by atoms with Gasteiger partial charge in [0.05, 0.1) is 12.2 Å². The van der Waals surface area contributed by atoms with Gasteiger partial charge >= 0.3 is 44.2 Å². The summed E-state index contributed by atoms with van der Waals surface area (Å²) < 4.78 is 28.3. The normalized spacial score (nSPS) is 24.0. The standard InChI is InChI=1S/C14H16N4O9S3.Na/c1-29-12(16-17-13(29)30(2,24)25)28-6-8(19)15-7-5-26-18(10(7)21)14(11(22)23)4-3-9(20)27-14;/h7H,3-6H2,1-2H3,(H-,15,19,22,23);/q;+1/t7-,14?,29?;/m0./s1. The Hall–Kier alpha value is -1.30. The predicted octanol–water partition coefficient (Wildman–Crippen LogP) is -5.70. The van der Waals surface area contributed by atoms with E-state index < -0.39 is 55.8 Å². The molecule has 1 aromatic heterocycles. The van der Waals surface area contributed by atoms with Crippen molar-refractivity contribution >= 4 is 55.8 Å². The quantitative estimate of drug-likeness (QED) is 0.161. The number of hydrogen-bond donors (Lipinski definition) is 1. The average Bonchev–Trinajstić information content (AvgIpc) is 3.32. The summed E-state index contributed by atoms with van der Waals surface area (Å²) in [4.78, 5) is 52.6. The number of ether oxygens (including phenoxy) is 1. The van der Waals surface area contributed by atoms with Crippen molar-refractivity contribution in [2.45, 2.75) is 33.3 Å². The molecule has 0 spiro atoms. The number of hydrogen-bond acceptors (Lipinski definition) is 12. The number of carbonyl (C=O) groups is 4. The van der Waals surface area contributed by atoms with Crippen molar-refractivity contribution in [2.24, 2.45) is 6.26 Å². The molecule has 2 saturated heterocycles. The minimum Gasteiger partial charge on any atom is -0.544 e.